The van der Waals surface area contributed by atoms with E-state index in [0.717, 1.165) is 23.7 Å². The second kappa shape index (κ2) is 6.48. The van der Waals surface area contributed by atoms with Gasteiger partial charge in [0.1, 0.15) is 0 Å². The second-order valence-electron chi connectivity index (χ2n) is 3.76. The van der Waals surface area contributed by atoms with Crippen molar-refractivity contribution in [3.05, 3.63) is 44.6 Å². The van der Waals surface area contributed by atoms with Gasteiger partial charge in [-0.2, -0.15) is 0 Å². The van der Waals surface area contributed by atoms with Crippen LogP contribution in [0, 0.1) is 0 Å². The van der Waals surface area contributed by atoms with Gasteiger partial charge in [0.15, 0.2) is 0 Å². The molecule has 96 valence electrons. The molecule has 0 aromatic carbocycles. The molecule has 1 N–H and O–H groups in total. The van der Waals surface area contributed by atoms with Crippen LogP contribution < -0.4 is 5.32 Å². The molecule has 0 aliphatic carbocycles. The van der Waals surface area contributed by atoms with Crippen molar-refractivity contribution in [1.29, 1.82) is 0 Å². The fourth-order valence-electron chi connectivity index (χ4n) is 1.72. The van der Waals surface area contributed by atoms with E-state index in [-0.39, 0.29) is 6.04 Å². The Kier molecular flexibility index (Phi) is 4.95. The smallest absolute Gasteiger partial charge is 0.0944 e. The number of nitrogens with zero attached hydrogens (tertiary/aromatic N) is 2. The summed E-state index contributed by atoms with van der Waals surface area (Å²) in [5.41, 5.74) is 0.818. The van der Waals surface area contributed by atoms with E-state index in [4.69, 9.17) is 23.2 Å². The summed E-state index contributed by atoms with van der Waals surface area (Å²) in [6.07, 6.45) is 4.20. The molecule has 3 nitrogen and oxygen atoms in total. The molecule has 0 amide bonds. The van der Waals surface area contributed by atoms with Crippen molar-refractivity contribution in [3.8, 4) is 0 Å². The first kappa shape index (κ1) is 13.7. The lowest BCUT2D eigenvalue weighted by atomic mass is 10.1. The molecule has 2 aromatic heterocycles. The molecule has 2 rings (SSSR count). The highest BCUT2D eigenvalue weighted by molar-refractivity contribution is 7.09. The van der Waals surface area contributed by atoms with Crippen molar-refractivity contribution >= 4 is 34.5 Å². The van der Waals surface area contributed by atoms with Crippen LogP contribution in [0.25, 0.3) is 0 Å². The predicted octanol–water partition coefficient (Wildman–Crippen LogP) is 3.74. The van der Waals surface area contributed by atoms with Gasteiger partial charge in [0.05, 0.1) is 26.8 Å². The Bertz CT molecular complexity index is 502. The highest BCUT2D eigenvalue weighted by atomic mass is 35.5. The van der Waals surface area contributed by atoms with E-state index < -0.39 is 0 Å². The molecule has 1 unspecified atom stereocenters. The number of thiazole rings is 1. The van der Waals surface area contributed by atoms with E-state index in [1.54, 1.807) is 29.8 Å². The van der Waals surface area contributed by atoms with Crippen LogP contribution in [0.2, 0.25) is 10.0 Å². The fraction of sp³-hybridized carbons (Fsp3) is 0.333. The Morgan fingerprint density at radius 3 is 2.83 bits per heavy atom. The first-order chi connectivity index (χ1) is 8.70. The molecule has 0 saturated heterocycles. The summed E-state index contributed by atoms with van der Waals surface area (Å²) in [5, 5.41) is 7.54. The molecule has 0 aliphatic rings. The Balaban J connectivity index is 2.23. The van der Waals surface area contributed by atoms with E-state index in [0.29, 0.717) is 10.0 Å². The van der Waals surface area contributed by atoms with Gasteiger partial charge in [-0.15, -0.1) is 11.3 Å². The molecule has 0 fully saturated rings. The van der Waals surface area contributed by atoms with Crippen LogP contribution >= 0.6 is 34.5 Å². The zero-order valence-corrected chi connectivity index (χ0v) is 12.2. The van der Waals surface area contributed by atoms with Gasteiger partial charge in [0, 0.05) is 24.2 Å². The van der Waals surface area contributed by atoms with Crippen LogP contribution in [0.3, 0.4) is 0 Å². The highest BCUT2D eigenvalue weighted by Gasteiger charge is 2.17. The summed E-state index contributed by atoms with van der Waals surface area (Å²) in [5.74, 6) is 0. The van der Waals surface area contributed by atoms with Crippen molar-refractivity contribution < 1.29 is 0 Å². The molecule has 6 heteroatoms. The van der Waals surface area contributed by atoms with Crippen LogP contribution in [-0.4, -0.2) is 16.5 Å². The zero-order valence-electron chi connectivity index (χ0n) is 9.86. The maximum absolute atomic E-state index is 6.20. The summed E-state index contributed by atoms with van der Waals surface area (Å²) in [6.45, 7) is 2.90. The Morgan fingerprint density at radius 1 is 1.39 bits per heavy atom. The summed E-state index contributed by atoms with van der Waals surface area (Å²) >= 11 is 13.7. The average Bonchev–Trinajstić information content (AvgIpc) is 2.81. The third kappa shape index (κ3) is 3.42. The Labute approximate surface area is 120 Å². The Hall–Kier alpha value is -0.680. The molecule has 0 spiro atoms. The maximum atomic E-state index is 6.20. The topological polar surface area (TPSA) is 37.8 Å². The van der Waals surface area contributed by atoms with E-state index in [1.807, 2.05) is 5.38 Å². The van der Waals surface area contributed by atoms with Gasteiger partial charge in [0.2, 0.25) is 0 Å². The van der Waals surface area contributed by atoms with Gasteiger partial charge < -0.3 is 5.32 Å². The number of nitrogens with one attached hydrogen (secondary N) is 1. The predicted molar refractivity (Wildman–Crippen MR) is 76.5 cm³/mol. The Morgan fingerprint density at radius 2 is 2.22 bits per heavy atom. The lowest BCUT2D eigenvalue weighted by Gasteiger charge is -2.17. The molecule has 0 bridgehead atoms. The lowest BCUT2D eigenvalue weighted by molar-refractivity contribution is 0.536. The minimum absolute atomic E-state index is 0.0610. The number of hydrogen-bond donors (Lipinski definition) is 1. The average molecular weight is 302 g/mol. The largest absolute Gasteiger partial charge is 0.309 e. The van der Waals surface area contributed by atoms with E-state index >= 15 is 0 Å². The standard InChI is InChI=1S/C12H13Cl2N3S/c1-2-15-10(6-11-16-3-4-18-11)12-9(14)5-8(13)7-17-12/h3-5,7,10,15H,2,6H2,1H3. The van der Waals surface area contributed by atoms with Gasteiger partial charge in [-0.25, -0.2) is 4.98 Å². The van der Waals surface area contributed by atoms with Crippen LogP contribution in [-0.2, 0) is 6.42 Å². The lowest BCUT2D eigenvalue weighted by Crippen LogP contribution is -2.24. The monoisotopic (exact) mass is 301 g/mol. The quantitative estimate of drug-likeness (QED) is 0.914. The molecule has 2 heterocycles. The van der Waals surface area contributed by atoms with Crippen molar-refractivity contribution in [1.82, 2.24) is 15.3 Å². The molecule has 0 saturated carbocycles. The first-order valence-electron chi connectivity index (χ1n) is 5.63. The highest BCUT2D eigenvalue weighted by Crippen LogP contribution is 2.26. The van der Waals surface area contributed by atoms with Crippen molar-refractivity contribution in [2.45, 2.75) is 19.4 Å². The maximum Gasteiger partial charge on any atom is 0.0944 e. The third-order valence-electron chi connectivity index (χ3n) is 2.48. The van der Waals surface area contributed by atoms with Gasteiger partial charge in [0.25, 0.3) is 0 Å². The summed E-state index contributed by atoms with van der Waals surface area (Å²) in [6, 6.07) is 1.78. The molecular formula is C12H13Cl2N3S. The van der Waals surface area contributed by atoms with Crippen molar-refractivity contribution in [2.75, 3.05) is 6.54 Å². The number of rotatable bonds is 5. The third-order valence-corrected chi connectivity index (χ3v) is 3.79. The van der Waals surface area contributed by atoms with E-state index in [1.165, 1.54) is 0 Å². The molecule has 1 atom stereocenters. The fourth-order valence-corrected chi connectivity index (χ4v) is 2.90. The molecule has 0 radical (unpaired) electrons. The van der Waals surface area contributed by atoms with Gasteiger partial charge in [-0.1, -0.05) is 30.1 Å². The molecule has 18 heavy (non-hydrogen) atoms. The van der Waals surface area contributed by atoms with Crippen LogP contribution in [0.15, 0.2) is 23.8 Å². The number of hydrogen-bond acceptors (Lipinski definition) is 4. The van der Waals surface area contributed by atoms with Crippen molar-refractivity contribution in [2.24, 2.45) is 0 Å². The van der Waals surface area contributed by atoms with Gasteiger partial charge >= 0.3 is 0 Å². The van der Waals surface area contributed by atoms with Gasteiger partial charge in [-0.3, -0.25) is 4.98 Å². The SMILES string of the molecule is CCNC(Cc1nccs1)c1ncc(Cl)cc1Cl. The molecule has 0 aliphatic heterocycles. The van der Waals surface area contributed by atoms with Crippen molar-refractivity contribution in [3.63, 3.8) is 0 Å². The zero-order chi connectivity index (χ0) is 13.0. The number of halogens is 2. The van der Waals surface area contributed by atoms with Crippen LogP contribution in [0.4, 0.5) is 0 Å². The number of pyridine rings is 1. The first-order valence-corrected chi connectivity index (χ1v) is 7.27. The van der Waals surface area contributed by atoms with Crippen LogP contribution in [0.5, 0.6) is 0 Å². The minimum atomic E-state index is 0.0610. The minimum Gasteiger partial charge on any atom is -0.309 e. The van der Waals surface area contributed by atoms with Crippen LogP contribution in [0.1, 0.15) is 23.7 Å². The number of likely N-dealkylation sites (N-methyl/N-ethyl adjacent to an activating group) is 1. The summed E-state index contributed by atoms with van der Waals surface area (Å²) in [7, 11) is 0. The summed E-state index contributed by atoms with van der Waals surface area (Å²) < 4.78 is 0. The normalized spacial score (nSPS) is 12.6. The van der Waals surface area contributed by atoms with E-state index in [2.05, 4.69) is 22.2 Å². The second-order valence-corrected chi connectivity index (χ2v) is 5.58. The molecule has 2 aromatic rings. The summed E-state index contributed by atoms with van der Waals surface area (Å²) in [4.78, 5) is 8.62. The van der Waals surface area contributed by atoms with Gasteiger partial charge in [-0.05, 0) is 12.6 Å². The molecular weight excluding hydrogens is 289 g/mol. The number of aromatic nitrogens is 2. The van der Waals surface area contributed by atoms with E-state index in [9.17, 15) is 0 Å².